The number of rotatable bonds is 3. The molecule has 0 saturated heterocycles. The van der Waals surface area contributed by atoms with E-state index < -0.39 is 17.6 Å². The van der Waals surface area contributed by atoms with Gasteiger partial charge in [0.1, 0.15) is 5.69 Å². The van der Waals surface area contributed by atoms with Gasteiger partial charge in [-0.1, -0.05) is 55.0 Å². The molecule has 6 nitrogen and oxygen atoms in total. The maximum absolute atomic E-state index is 15.9. The quantitative estimate of drug-likeness (QED) is 0.354. The second-order valence-corrected chi connectivity index (χ2v) is 9.35. The van der Waals surface area contributed by atoms with Crippen molar-refractivity contribution in [2.24, 2.45) is 5.92 Å². The average Bonchev–Trinajstić information content (AvgIpc) is 3.44. The third-order valence-corrected chi connectivity index (χ3v) is 7.33. The summed E-state index contributed by atoms with van der Waals surface area (Å²) in [5, 5.41) is 20.4. The first kappa shape index (κ1) is 21.5. The topological polar surface area (TPSA) is 72.9 Å². The lowest BCUT2D eigenvalue weighted by atomic mass is 9.80. The molecule has 7 heteroatoms. The lowest BCUT2D eigenvalue weighted by molar-refractivity contribution is -0.156. The minimum Gasteiger partial charge on any atom is -0.479 e. The van der Waals surface area contributed by atoms with Gasteiger partial charge in [-0.15, -0.1) is 5.10 Å². The van der Waals surface area contributed by atoms with E-state index in [0.29, 0.717) is 18.5 Å². The molecule has 1 aliphatic rings. The zero-order valence-electron chi connectivity index (χ0n) is 19.4. The monoisotopic (exact) mass is 468 g/mol. The number of fused-ring (bicyclic) bond motifs is 4. The van der Waals surface area contributed by atoms with Crippen LogP contribution in [0.4, 0.5) is 4.39 Å². The number of carboxylic acid groups (broad SMARTS) is 1. The maximum atomic E-state index is 15.9. The van der Waals surface area contributed by atoms with Gasteiger partial charge in [-0.2, -0.15) is 0 Å². The number of alkyl halides is 1. The van der Waals surface area contributed by atoms with E-state index >= 15 is 4.39 Å². The highest BCUT2D eigenvalue weighted by Crippen LogP contribution is 2.41. The molecule has 1 N–H and O–H groups in total. The van der Waals surface area contributed by atoms with E-state index in [9.17, 15) is 9.90 Å². The van der Waals surface area contributed by atoms with Crippen LogP contribution in [0.15, 0.2) is 72.8 Å². The molecule has 2 heterocycles. The molecule has 35 heavy (non-hydrogen) atoms. The molecule has 5 aromatic rings. The standard InChI is InChI=1S/C28H25FN4O2/c1-18-8-2-5-13-25-26(28(18,29)27(34)35)30-31-33(25)20-16-14-19(15-17-20)32-23-11-6-3-9-21(23)22-10-4-7-12-24(22)32/h3-4,6-7,9-12,14-18H,2,5,8,13H2,1H3,(H,34,35). The van der Waals surface area contributed by atoms with Crippen molar-refractivity contribution in [2.45, 2.75) is 38.3 Å². The normalized spacial score (nSPS) is 20.5. The molecule has 2 aromatic heterocycles. The number of hydrogen-bond donors (Lipinski definition) is 1. The SMILES string of the molecule is CC1CCCCc2c(nnn2-c2ccc(-n3c4ccccc4c4ccccc43)cc2)C1(F)C(=O)O. The molecule has 0 fully saturated rings. The summed E-state index contributed by atoms with van der Waals surface area (Å²) in [6, 6.07) is 24.5. The Bertz CT molecular complexity index is 1520. The van der Waals surface area contributed by atoms with Crippen LogP contribution in [0.3, 0.4) is 0 Å². The van der Waals surface area contributed by atoms with Crippen LogP contribution in [0.2, 0.25) is 0 Å². The molecule has 2 atom stereocenters. The maximum Gasteiger partial charge on any atom is 0.348 e. The van der Waals surface area contributed by atoms with Crippen molar-refractivity contribution in [3.05, 3.63) is 84.2 Å². The predicted molar refractivity (Wildman–Crippen MR) is 133 cm³/mol. The summed E-state index contributed by atoms with van der Waals surface area (Å²) < 4.78 is 19.7. The summed E-state index contributed by atoms with van der Waals surface area (Å²) in [4.78, 5) is 12.0. The van der Waals surface area contributed by atoms with Gasteiger partial charge in [0, 0.05) is 22.4 Å². The van der Waals surface area contributed by atoms with Crippen LogP contribution >= 0.6 is 0 Å². The van der Waals surface area contributed by atoms with Crippen LogP contribution in [0.5, 0.6) is 0 Å². The second-order valence-electron chi connectivity index (χ2n) is 9.35. The molecule has 6 rings (SSSR count). The Labute approximate surface area is 201 Å². The Morgan fingerprint density at radius 2 is 1.54 bits per heavy atom. The zero-order valence-corrected chi connectivity index (χ0v) is 19.4. The summed E-state index contributed by atoms with van der Waals surface area (Å²) in [6.07, 6.45) is 2.63. The summed E-state index contributed by atoms with van der Waals surface area (Å²) in [7, 11) is 0. The molecule has 0 saturated carbocycles. The minimum atomic E-state index is -2.54. The number of carboxylic acids is 1. The molecular formula is C28H25FN4O2. The van der Waals surface area contributed by atoms with Gasteiger partial charge in [0.25, 0.3) is 5.67 Å². The lowest BCUT2D eigenvalue weighted by Crippen LogP contribution is -2.39. The van der Waals surface area contributed by atoms with Crippen LogP contribution in [0, 0.1) is 5.92 Å². The largest absolute Gasteiger partial charge is 0.479 e. The van der Waals surface area contributed by atoms with E-state index in [1.165, 1.54) is 10.8 Å². The van der Waals surface area contributed by atoms with Gasteiger partial charge >= 0.3 is 5.97 Å². The minimum absolute atomic E-state index is 0.0660. The fraction of sp³-hybridized carbons (Fsp3) is 0.250. The van der Waals surface area contributed by atoms with Gasteiger partial charge in [-0.25, -0.2) is 13.9 Å². The van der Waals surface area contributed by atoms with Crippen molar-refractivity contribution >= 4 is 27.8 Å². The van der Waals surface area contributed by atoms with Crippen LogP contribution in [-0.2, 0) is 16.9 Å². The highest BCUT2D eigenvalue weighted by molar-refractivity contribution is 6.09. The van der Waals surface area contributed by atoms with E-state index in [0.717, 1.165) is 35.2 Å². The average molecular weight is 469 g/mol. The molecule has 176 valence electrons. The number of nitrogens with zero attached hydrogens (tertiary/aromatic N) is 4. The van der Waals surface area contributed by atoms with Crippen molar-refractivity contribution < 1.29 is 14.3 Å². The van der Waals surface area contributed by atoms with Crippen LogP contribution in [0.25, 0.3) is 33.2 Å². The Kier molecular flexibility index (Phi) is 4.95. The predicted octanol–water partition coefficient (Wildman–Crippen LogP) is 5.98. The summed E-state index contributed by atoms with van der Waals surface area (Å²) in [6.45, 7) is 1.64. The van der Waals surface area contributed by atoms with Gasteiger partial charge in [0.15, 0.2) is 0 Å². The number of hydrogen-bond acceptors (Lipinski definition) is 3. The molecule has 0 aliphatic heterocycles. The Balaban J connectivity index is 1.46. The number of aliphatic carboxylic acids is 1. The molecule has 0 radical (unpaired) electrons. The summed E-state index contributed by atoms with van der Waals surface area (Å²) in [5.74, 6) is -2.18. The van der Waals surface area contributed by atoms with Crippen molar-refractivity contribution in [1.29, 1.82) is 0 Å². The Morgan fingerprint density at radius 1 is 0.943 bits per heavy atom. The lowest BCUT2D eigenvalue weighted by Gasteiger charge is -2.28. The summed E-state index contributed by atoms with van der Waals surface area (Å²) >= 11 is 0. The highest BCUT2D eigenvalue weighted by atomic mass is 19.1. The van der Waals surface area contributed by atoms with Crippen LogP contribution in [0.1, 0.15) is 37.6 Å². The van der Waals surface area contributed by atoms with Crippen LogP contribution < -0.4 is 0 Å². The molecule has 1 aliphatic carbocycles. The fourth-order valence-electron chi connectivity index (χ4n) is 5.45. The van der Waals surface area contributed by atoms with Crippen molar-refractivity contribution in [3.63, 3.8) is 0 Å². The van der Waals surface area contributed by atoms with Gasteiger partial charge in [0.05, 0.1) is 22.4 Å². The second kappa shape index (κ2) is 8.05. The number of para-hydroxylation sites is 2. The third kappa shape index (κ3) is 3.18. The molecule has 0 spiro atoms. The number of halogens is 1. The van der Waals surface area contributed by atoms with Crippen molar-refractivity contribution in [1.82, 2.24) is 19.6 Å². The van der Waals surface area contributed by atoms with E-state index in [2.05, 4.69) is 39.1 Å². The van der Waals surface area contributed by atoms with Gasteiger partial charge < -0.3 is 9.67 Å². The Hall–Kier alpha value is -4.00. The molecule has 0 bridgehead atoms. The van der Waals surface area contributed by atoms with E-state index in [4.69, 9.17) is 0 Å². The van der Waals surface area contributed by atoms with Crippen LogP contribution in [-0.4, -0.2) is 30.6 Å². The van der Waals surface area contributed by atoms with Crippen molar-refractivity contribution in [3.8, 4) is 11.4 Å². The zero-order chi connectivity index (χ0) is 24.2. The van der Waals surface area contributed by atoms with Gasteiger partial charge in [-0.05, 0) is 55.7 Å². The first-order valence-electron chi connectivity index (χ1n) is 12.0. The first-order valence-corrected chi connectivity index (χ1v) is 12.0. The number of aromatic nitrogens is 4. The summed E-state index contributed by atoms with van der Waals surface area (Å²) in [5.41, 5.74) is 1.87. The van der Waals surface area contributed by atoms with E-state index in [1.807, 2.05) is 48.5 Å². The van der Waals surface area contributed by atoms with E-state index in [1.54, 1.807) is 11.6 Å². The molecular weight excluding hydrogens is 443 g/mol. The fourth-order valence-corrected chi connectivity index (χ4v) is 5.45. The number of carbonyl (C=O) groups is 1. The van der Waals surface area contributed by atoms with E-state index in [-0.39, 0.29) is 5.69 Å². The van der Waals surface area contributed by atoms with Crippen molar-refractivity contribution in [2.75, 3.05) is 0 Å². The smallest absolute Gasteiger partial charge is 0.348 e. The molecule has 2 unspecified atom stereocenters. The number of benzene rings is 3. The molecule has 0 amide bonds. The highest BCUT2D eigenvalue weighted by Gasteiger charge is 2.51. The third-order valence-electron chi connectivity index (χ3n) is 7.33. The van der Waals surface area contributed by atoms with Gasteiger partial charge in [0.2, 0.25) is 0 Å². The Morgan fingerprint density at radius 3 is 2.17 bits per heavy atom. The first-order chi connectivity index (χ1) is 17.0. The van der Waals surface area contributed by atoms with Gasteiger partial charge in [-0.3, -0.25) is 0 Å². The molecule has 3 aromatic carbocycles.